The number of rotatable bonds is 8. The molecule has 0 aliphatic carbocycles. The molecule has 3 heteroatoms. The average Bonchev–Trinajstić information content (AvgIpc) is 3.18. The first kappa shape index (κ1) is 23.6. The van der Waals surface area contributed by atoms with Gasteiger partial charge in [0.1, 0.15) is 0 Å². The van der Waals surface area contributed by atoms with Gasteiger partial charge in [0.15, 0.2) is 0 Å². The normalized spacial score (nSPS) is 16.8. The molecule has 3 rings (SSSR count). The van der Waals surface area contributed by atoms with Crippen LogP contribution >= 0.6 is 0 Å². The molecule has 0 spiro atoms. The highest BCUT2D eigenvalue weighted by atomic mass is 15.2. The number of nitrogens with zero attached hydrogens (tertiary/aromatic N) is 1. The number of benzene rings is 2. The maximum absolute atomic E-state index is 6.41. The van der Waals surface area contributed by atoms with Gasteiger partial charge in [-0.2, -0.15) is 0 Å². The van der Waals surface area contributed by atoms with Crippen LogP contribution in [0.2, 0.25) is 0 Å². The number of allylic oxidation sites excluding steroid dienone is 4. The summed E-state index contributed by atoms with van der Waals surface area (Å²) >= 11 is 0. The zero-order valence-corrected chi connectivity index (χ0v) is 20.1. The van der Waals surface area contributed by atoms with E-state index < -0.39 is 0 Å². The minimum Gasteiger partial charge on any atom is -0.398 e. The van der Waals surface area contributed by atoms with E-state index in [-0.39, 0.29) is 0 Å². The molecule has 32 heavy (non-hydrogen) atoms. The van der Waals surface area contributed by atoms with Gasteiger partial charge in [-0.25, -0.2) is 0 Å². The van der Waals surface area contributed by atoms with Crippen molar-refractivity contribution in [3.63, 3.8) is 0 Å². The Morgan fingerprint density at radius 3 is 2.44 bits per heavy atom. The van der Waals surface area contributed by atoms with Crippen LogP contribution in [0.25, 0.3) is 11.3 Å². The third-order valence-electron chi connectivity index (χ3n) is 6.32. The maximum atomic E-state index is 6.41. The van der Waals surface area contributed by atoms with E-state index in [2.05, 4.69) is 80.2 Å². The maximum Gasteiger partial charge on any atom is 0.0411 e. The molecule has 3 nitrogen and oxygen atoms in total. The molecule has 1 atom stereocenters. The Morgan fingerprint density at radius 1 is 1.12 bits per heavy atom. The van der Waals surface area contributed by atoms with Crippen LogP contribution < -0.4 is 11.1 Å². The number of hydrogen-bond donors (Lipinski definition) is 2. The minimum absolute atomic E-state index is 0.365. The van der Waals surface area contributed by atoms with Gasteiger partial charge >= 0.3 is 0 Å². The van der Waals surface area contributed by atoms with Crippen molar-refractivity contribution in [3.05, 3.63) is 101 Å². The fraction of sp³-hybridized carbons (Fsp3) is 0.310. The van der Waals surface area contributed by atoms with Crippen molar-refractivity contribution in [2.24, 2.45) is 0 Å². The molecule has 0 radical (unpaired) electrons. The molecule has 168 valence electrons. The standard InChI is InChI=1S/C29H37N3/c1-8-26(22(6)19(2)3)27-16-28(29(30)15-21(27)5)23(7)31-25-13-14-32(18-25)17-24-11-9-20(4)10-12-24/h8-12,15-16,25,31H,2,6-7,13-14,17-18,30H2,1,3-5H3/b26-8-. The second kappa shape index (κ2) is 10.1. The van der Waals surface area contributed by atoms with Crippen LogP contribution in [0.3, 0.4) is 0 Å². The first-order valence-electron chi connectivity index (χ1n) is 11.3. The van der Waals surface area contributed by atoms with Gasteiger partial charge in [-0.3, -0.25) is 4.90 Å². The first-order chi connectivity index (χ1) is 15.2. The van der Waals surface area contributed by atoms with E-state index >= 15 is 0 Å². The molecular formula is C29H37N3. The summed E-state index contributed by atoms with van der Waals surface area (Å²) in [6.07, 6.45) is 3.19. The molecule has 2 aromatic rings. The largest absolute Gasteiger partial charge is 0.398 e. The number of hydrogen-bond acceptors (Lipinski definition) is 3. The number of anilines is 1. The molecule has 3 N–H and O–H groups in total. The summed E-state index contributed by atoms with van der Waals surface area (Å²) in [5.74, 6) is 0. The third-order valence-corrected chi connectivity index (χ3v) is 6.32. The second-order valence-corrected chi connectivity index (χ2v) is 9.04. The van der Waals surface area contributed by atoms with Crippen LogP contribution in [0.1, 0.15) is 48.1 Å². The lowest BCUT2D eigenvalue weighted by atomic mass is 9.89. The average molecular weight is 428 g/mol. The Balaban J connectivity index is 1.72. The number of likely N-dealkylation sites (tertiary alicyclic amines) is 1. The Labute approximate surface area is 194 Å². The van der Waals surface area contributed by atoms with Gasteiger partial charge in [-0.1, -0.05) is 61.2 Å². The van der Waals surface area contributed by atoms with Crippen LogP contribution in [0.15, 0.2) is 73.4 Å². The zero-order chi connectivity index (χ0) is 23.4. The fourth-order valence-electron chi connectivity index (χ4n) is 4.37. The molecule has 2 aromatic carbocycles. The van der Waals surface area contributed by atoms with Gasteiger partial charge in [0.05, 0.1) is 0 Å². The van der Waals surface area contributed by atoms with Crippen molar-refractivity contribution >= 4 is 17.0 Å². The summed E-state index contributed by atoms with van der Waals surface area (Å²) in [5, 5.41) is 3.64. The molecule has 1 saturated heterocycles. The first-order valence-corrected chi connectivity index (χ1v) is 11.3. The molecule has 1 heterocycles. The van der Waals surface area contributed by atoms with Crippen molar-refractivity contribution in [2.45, 2.75) is 46.7 Å². The van der Waals surface area contributed by atoms with Gasteiger partial charge in [0, 0.05) is 42.6 Å². The minimum atomic E-state index is 0.365. The summed E-state index contributed by atoms with van der Waals surface area (Å²) in [6, 6.07) is 13.4. The highest BCUT2D eigenvalue weighted by molar-refractivity contribution is 5.87. The van der Waals surface area contributed by atoms with Gasteiger partial charge < -0.3 is 11.1 Å². The van der Waals surface area contributed by atoms with Crippen LogP contribution in [0.4, 0.5) is 5.69 Å². The summed E-state index contributed by atoms with van der Waals surface area (Å²) in [4.78, 5) is 2.49. The molecule has 1 unspecified atom stereocenters. The molecule has 0 bridgehead atoms. The highest BCUT2D eigenvalue weighted by Gasteiger charge is 2.23. The topological polar surface area (TPSA) is 41.3 Å². The molecule has 0 saturated carbocycles. The Bertz CT molecular complexity index is 1060. The lowest BCUT2D eigenvalue weighted by Gasteiger charge is -2.21. The lowest BCUT2D eigenvalue weighted by molar-refractivity contribution is 0.324. The SMILES string of the molecule is C=C(C)C(=C)/C(=C/C)c1cc(C(=C)NC2CCN(Cc3ccc(C)cc3)C2)c(N)cc1C. The van der Waals surface area contributed by atoms with E-state index in [4.69, 9.17) is 5.73 Å². The van der Waals surface area contributed by atoms with Crippen LogP contribution in [0, 0.1) is 13.8 Å². The summed E-state index contributed by atoms with van der Waals surface area (Å²) < 4.78 is 0. The molecule has 0 aromatic heterocycles. The van der Waals surface area contributed by atoms with Gasteiger partial charge in [0.2, 0.25) is 0 Å². The summed E-state index contributed by atoms with van der Waals surface area (Å²) in [6.45, 7) is 23.9. The quantitative estimate of drug-likeness (QED) is 0.386. The van der Waals surface area contributed by atoms with Crippen LogP contribution in [0.5, 0.6) is 0 Å². The van der Waals surface area contributed by atoms with Crippen molar-refractivity contribution in [1.82, 2.24) is 10.2 Å². The van der Waals surface area contributed by atoms with E-state index in [1.165, 1.54) is 11.1 Å². The molecule has 1 fully saturated rings. The number of aryl methyl sites for hydroxylation is 2. The lowest BCUT2D eigenvalue weighted by Crippen LogP contribution is -2.31. The van der Waals surface area contributed by atoms with Crippen molar-refractivity contribution < 1.29 is 0 Å². The number of nitrogens with two attached hydrogens (primary N) is 1. The second-order valence-electron chi connectivity index (χ2n) is 9.04. The Hall–Kier alpha value is -3.04. The van der Waals surface area contributed by atoms with E-state index in [1.54, 1.807) is 0 Å². The highest BCUT2D eigenvalue weighted by Crippen LogP contribution is 2.33. The van der Waals surface area contributed by atoms with Crippen molar-refractivity contribution in [2.75, 3.05) is 18.8 Å². The summed E-state index contributed by atoms with van der Waals surface area (Å²) in [5.41, 5.74) is 16.9. The van der Waals surface area contributed by atoms with Crippen LogP contribution in [-0.4, -0.2) is 24.0 Å². The third kappa shape index (κ3) is 5.41. The fourth-order valence-corrected chi connectivity index (χ4v) is 4.37. The molecule has 1 aliphatic heterocycles. The summed E-state index contributed by atoms with van der Waals surface area (Å²) in [7, 11) is 0. The number of nitrogen functional groups attached to an aromatic ring is 1. The molecule has 0 amide bonds. The predicted molar refractivity (Wildman–Crippen MR) is 140 cm³/mol. The Morgan fingerprint density at radius 2 is 1.81 bits per heavy atom. The van der Waals surface area contributed by atoms with Gasteiger partial charge in [0.25, 0.3) is 0 Å². The van der Waals surface area contributed by atoms with E-state index in [9.17, 15) is 0 Å². The van der Waals surface area contributed by atoms with Crippen molar-refractivity contribution in [3.8, 4) is 0 Å². The number of nitrogens with one attached hydrogen (secondary N) is 1. The monoisotopic (exact) mass is 427 g/mol. The van der Waals surface area contributed by atoms with E-state index in [0.717, 1.165) is 70.8 Å². The van der Waals surface area contributed by atoms with Crippen molar-refractivity contribution in [1.29, 1.82) is 0 Å². The van der Waals surface area contributed by atoms with E-state index in [1.807, 2.05) is 19.9 Å². The zero-order valence-electron chi connectivity index (χ0n) is 20.1. The van der Waals surface area contributed by atoms with Gasteiger partial charge in [-0.15, -0.1) is 0 Å². The predicted octanol–water partition coefficient (Wildman–Crippen LogP) is 6.26. The molecule has 1 aliphatic rings. The smallest absolute Gasteiger partial charge is 0.0411 e. The van der Waals surface area contributed by atoms with E-state index in [0.29, 0.717) is 6.04 Å². The Kier molecular flexibility index (Phi) is 7.42. The van der Waals surface area contributed by atoms with Gasteiger partial charge in [-0.05, 0) is 74.1 Å². The van der Waals surface area contributed by atoms with Crippen LogP contribution in [-0.2, 0) is 6.54 Å². The molecular weight excluding hydrogens is 390 g/mol.